The number of nitrogens with one attached hydrogen (secondary N) is 1. The first kappa shape index (κ1) is 16.1. The molecule has 1 heterocycles. The zero-order valence-electron chi connectivity index (χ0n) is 12.0. The van der Waals surface area contributed by atoms with Crippen LogP contribution in [0.5, 0.6) is 5.75 Å². The molecule has 0 spiro atoms. The van der Waals surface area contributed by atoms with E-state index in [1.165, 1.54) is 0 Å². The fourth-order valence-electron chi connectivity index (χ4n) is 2.45. The molecule has 1 aromatic carbocycles. The zero-order valence-corrected chi connectivity index (χ0v) is 12.0. The summed E-state index contributed by atoms with van der Waals surface area (Å²) in [4.78, 5) is 0. The van der Waals surface area contributed by atoms with Crippen LogP contribution >= 0.6 is 0 Å². The number of rotatable bonds is 7. The molecule has 21 heavy (non-hydrogen) atoms. The second-order valence-electron chi connectivity index (χ2n) is 5.03. The second kappa shape index (κ2) is 7.13. The Hall–Kier alpha value is -1.27. The van der Waals surface area contributed by atoms with E-state index in [4.69, 9.17) is 9.47 Å². The third-order valence-corrected chi connectivity index (χ3v) is 3.38. The lowest BCUT2D eigenvalue weighted by molar-refractivity contribution is -0.174. The summed E-state index contributed by atoms with van der Waals surface area (Å²) in [6.07, 6.45) is -2.88. The average Bonchev–Trinajstić information content (AvgIpc) is 2.88. The monoisotopic (exact) mass is 303 g/mol. The van der Waals surface area contributed by atoms with Gasteiger partial charge in [0.15, 0.2) is 0 Å². The molecule has 0 saturated heterocycles. The molecule has 1 unspecified atom stereocenters. The van der Waals surface area contributed by atoms with Crippen molar-refractivity contribution in [2.24, 2.45) is 0 Å². The van der Waals surface area contributed by atoms with Gasteiger partial charge in [0.2, 0.25) is 0 Å². The summed E-state index contributed by atoms with van der Waals surface area (Å²) in [5.74, 6) is 0.905. The number of hydrogen-bond donors (Lipinski definition) is 1. The quantitative estimate of drug-likeness (QED) is 0.784. The highest BCUT2D eigenvalue weighted by atomic mass is 19.4. The van der Waals surface area contributed by atoms with E-state index >= 15 is 0 Å². The highest BCUT2D eigenvalue weighted by molar-refractivity contribution is 5.40. The maximum atomic E-state index is 12.0. The molecular weight excluding hydrogens is 283 g/mol. The lowest BCUT2D eigenvalue weighted by atomic mass is 10.0. The zero-order chi connectivity index (χ0) is 15.3. The van der Waals surface area contributed by atoms with Crippen molar-refractivity contribution in [3.63, 3.8) is 0 Å². The number of ether oxygens (including phenoxy) is 2. The molecule has 1 aromatic rings. The Balaban J connectivity index is 1.92. The number of alkyl halides is 3. The topological polar surface area (TPSA) is 30.5 Å². The lowest BCUT2D eigenvalue weighted by Gasteiger charge is -2.19. The summed E-state index contributed by atoms with van der Waals surface area (Å²) >= 11 is 0. The van der Waals surface area contributed by atoms with Crippen LogP contribution in [-0.4, -0.2) is 32.5 Å². The first-order valence-electron chi connectivity index (χ1n) is 7.13. The maximum absolute atomic E-state index is 12.0. The molecular formula is C15H20F3NO2. The summed E-state index contributed by atoms with van der Waals surface area (Å²) < 4.78 is 46.3. The predicted octanol–water partition coefficient (Wildman–Crippen LogP) is 3.24. The van der Waals surface area contributed by atoms with Crippen LogP contribution in [0.25, 0.3) is 0 Å². The third kappa shape index (κ3) is 4.89. The largest absolute Gasteiger partial charge is 0.493 e. The van der Waals surface area contributed by atoms with Gasteiger partial charge in [-0.25, -0.2) is 0 Å². The van der Waals surface area contributed by atoms with E-state index in [9.17, 15) is 13.2 Å². The van der Waals surface area contributed by atoms with E-state index in [0.29, 0.717) is 13.0 Å². The Kier molecular flexibility index (Phi) is 5.47. The van der Waals surface area contributed by atoms with Crippen LogP contribution in [0.1, 0.15) is 30.5 Å². The van der Waals surface area contributed by atoms with Gasteiger partial charge in [0, 0.05) is 19.1 Å². The Bertz CT molecular complexity index is 463. The average molecular weight is 303 g/mol. The van der Waals surface area contributed by atoms with Crippen LogP contribution in [0.2, 0.25) is 0 Å². The number of hydrogen-bond acceptors (Lipinski definition) is 3. The molecule has 1 N–H and O–H groups in total. The lowest BCUT2D eigenvalue weighted by Crippen LogP contribution is -2.24. The molecule has 0 aromatic heterocycles. The van der Waals surface area contributed by atoms with Crippen molar-refractivity contribution < 1.29 is 22.6 Å². The minimum absolute atomic E-state index is 0.00543. The molecule has 3 nitrogen and oxygen atoms in total. The highest BCUT2D eigenvalue weighted by Crippen LogP contribution is 2.29. The van der Waals surface area contributed by atoms with Crippen molar-refractivity contribution in [2.45, 2.75) is 32.0 Å². The van der Waals surface area contributed by atoms with Gasteiger partial charge >= 0.3 is 6.18 Å². The Labute approximate surface area is 122 Å². The van der Waals surface area contributed by atoms with E-state index in [0.717, 1.165) is 29.8 Å². The van der Waals surface area contributed by atoms with Crippen molar-refractivity contribution in [1.29, 1.82) is 0 Å². The van der Waals surface area contributed by atoms with Gasteiger partial charge in [0.05, 0.1) is 6.61 Å². The highest BCUT2D eigenvalue weighted by Gasteiger charge is 2.27. The Morgan fingerprint density at radius 2 is 2.19 bits per heavy atom. The molecule has 0 radical (unpaired) electrons. The van der Waals surface area contributed by atoms with E-state index in [2.05, 4.69) is 11.4 Å². The molecule has 0 bridgehead atoms. The second-order valence-corrected chi connectivity index (χ2v) is 5.03. The maximum Gasteiger partial charge on any atom is 0.411 e. The molecule has 1 aliphatic heterocycles. The normalized spacial score (nSPS) is 15.6. The van der Waals surface area contributed by atoms with Crippen molar-refractivity contribution in [1.82, 2.24) is 5.32 Å². The van der Waals surface area contributed by atoms with Crippen molar-refractivity contribution in [3.05, 3.63) is 29.3 Å². The SMILES string of the molecule is CCNC(CCOCC(F)(F)F)c1ccc2c(c1)CCO2. The molecule has 0 saturated carbocycles. The van der Waals surface area contributed by atoms with Gasteiger partial charge in [-0.2, -0.15) is 13.2 Å². The fraction of sp³-hybridized carbons (Fsp3) is 0.600. The van der Waals surface area contributed by atoms with Gasteiger partial charge in [-0.3, -0.25) is 0 Å². The first-order chi connectivity index (χ1) is 9.99. The van der Waals surface area contributed by atoms with Crippen molar-refractivity contribution in [2.75, 3.05) is 26.4 Å². The van der Waals surface area contributed by atoms with Gasteiger partial charge < -0.3 is 14.8 Å². The van der Waals surface area contributed by atoms with Crippen LogP contribution in [-0.2, 0) is 11.2 Å². The minimum atomic E-state index is -4.27. The summed E-state index contributed by atoms with van der Waals surface area (Å²) in [5.41, 5.74) is 2.23. The number of halogens is 3. The van der Waals surface area contributed by atoms with Crippen LogP contribution in [0.15, 0.2) is 18.2 Å². The van der Waals surface area contributed by atoms with E-state index in [1.54, 1.807) is 0 Å². The first-order valence-corrected chi connectivity index (χ1v) is 7.13. The van der Waals surface area contributed by atoms with Gasteiger partial charge in [0.1, 0.15) is 12.4 Å². The van der Waals surface area contributed by atoms with E-state index < -0.39 is 12.8 Å². The number of fused-ring (bicyclic) bond motifs is 1. The molecule has 6 heteroatoms. The minimum Gasteiger partial charge on any atom is -0.493 e. The fourth-order valence-corrected chi connectivity index (χ4v) is 2.45. The smallest absolute Gasteiger partial charge is 0.411 e. The predicted molar refractivity (Wildman–Crippen MR) is 73.5 cm³/mol. The van der Waals surface area contributed by atoms with Crippen LogP contribution in [0.3, 0.4) is 0 Å². The Morgan fingerprint density at radius 3 is 2.90 bits per heavy atom. The third-order valence-electron chi connectivity index (χ3n) is 3.38. The van der Waals surface area contributed by atoms with Gasteiger partial charge in [0.25, 0.3) is 0 Å². The molecule has 0 fully saturated rings. The van der Waals surface area contributed by atoms with Crippen molar-refractivity contribution in [3.8, 4) is 5.75 Å². The summed E-state index contributed by atoms with van der Waals surface area (Å²) in [5, 5.41) is 3.29. The number of benzene rings is 1. The molecule has 1 aliphatic rings. The van der Waals surface area contributed by atoms with Gasteiger partial charge in [-0.15, -0.1) is 0 Å². The van der Waals surface area contributed by atoms with Crippen LogP contribution in [0, 0.1) is 0 Å². The van der Waals surface area contributed by atoms with Gasteiger partial charge in [-0.05, 0) is 30.2 Å². The van der Waals surface area contributed by atoms with Crippen LogP contribution < -0.4 is 10.1 Å². The molecule has 1 atom stereocenters. The molecule has 0 amide bonds. The Morgan fingerprint density at radius 1 is 1.38 bits per heavy atom. The van der Waals surface area contributed by atoms with Gasteiger partial charge in [-0.1, -0.05) is 19.1 Å². The molecule has 118 valence electrons. The van der Waals surface area contributed by atoms with E-state index in [-0.39, 0.29) is 12.6 Å². The van der Waals surface area contributed by atoms with E-state index in [1.807, 2.05) is 19.1 Å². The summed E-state index contributed by atoms with van der Waals surface area (Å²) in [6.45, 7) is 2.30. The summed E-state index contributed by atoms with van der Waals surface area (Å²) in [7, 11) is 0. The summed E-state index contributed by atoms with van der Waals surface area (Å²) in [6, 6.07) is 5.95. The molecule has 2 rings (SSSR count). The van der Waals surface area contributed by atoms with Crippen LogP contribution in [0.4, 0.5) is 13.2 Å². The van der Waals surface area contributed by atoms with Crippen molar-refractivity contribution >= 4 is 0 Å². The standard InChI is InChI=1S/C15H20F3NO2/c1-2-19-13(6-7-20-10-15(16,17)18)11-3-4-14-12(9-11)5-8-21-14/h3-4,9,13,19H,2,5-8,10H2,1H3. The molecule has 0 aliphatic carbocycles.